The molecule has 0 aliphatic carbocycles. The van der Waals surface area contributed by atoms with E-state index in [0.29, 0.717) is 6.04 Å². The van der Waals surface area contributed by atoms with Gasteiger partial charge in [-0.15, -0.1) is 0 Å². The predicted molar refractivity (Wildman–Crippen MR) is 73.7 cm³/mol. The van der Waals surface area contributed by atoms with Crippen molar-refractivity contribution >= 4 is 5.82 Å². The fourth-order valence-corrected chi connectivity index (χ4v) is 2.56. The second-order valence-electron chi connectivity index (χ2n) is 4.92. The molecule has 4 heteroatoms. The summed E-state index contributed by atoms with van der Waals surface area (Å²) in [6.07, 6.45) is 2.38. The first-order chi connectivity index (χ1) is 8.74. The van der Waals surface area contributed by atoms with E-state index in [2.05, 4.69) is 28.8 Å². The van der Waals surface area contributed by atoms with Gasteiger partial charge in [0.1, 0.15) is 5.82 Å². The SMILES string of the molecule is CCN1CCC(N(C)c2cccc(CO)n2)CC1. The maximum Gasteiger partial charge on any atom is 0.128 e. The van der Waals surface area contributed by atoms with Crippen LogP contribution in [-0.4, -0.2) is 47.7 Å². The fraction of sp³-hybridized carbons (Fsp3) is 0.643. The number of hydrogen-bond donors (Lipinski definition) is 1. The van der Waals surface area contributed by atoms with E-state index in [-0.39, 0.29) is 6.61 Å². The normalized spacial score (nSPS) is 17.9. The van der Waals surface area contributed by atoms with Gasteiger partial charge in [0.25, 0.3) is 0 Å². The molecule has 0 radical (unpaired) electrons. The number of likely N-dealkylation sites (tertiary alicyclic amines) is 1. The minimum Gasteiger partial charge on any atom is -0.390 e. The Labute approximate surface area is 109 Å². The van der Waals surface area contributed by atoms with Gasteiger partial charge in [-0.2, -0.15) is 0 Å². The van der Waals surface area contributed by atoms with Crippen molar-refractivity contribution in [2.45, 2.75) is 32.4 Å². The number of piperidine rings is 1. The summed E-state index contributed by atoms with van der Waals surface area (Å²) in [5.74, 6) is 0.969. The third-order valence-corrected chi connectivity index (χ3v) is 3.87. The second kappa shape index (κ2) is 6.16. The number of pyridine rings is 1. The molecule has 2 rings (SSSR count). The Morgan fingerprint density at radius 2 is 2.11 bits per heavy atom. The van der Waals surface area contributed by atoms with Gasteiger partial charge in [0.2, 0.25) is 0 Å². The molecule has 0 atom stereocenters. The van der Waals surface area contributed by atoms with Crippen LogP contribution in [0.25, 0.3) is 0 Å². The molecule has 1 fully saturated rings. The van der Waals surface area contributed by atoms with Gasteiger partial charge >= 0.3 is 0 Å². The Morgan fingerprint density at radius 3 is 2.72 bits per heavy atom. The molecule has 0 unspecified atom stereocenters. The highest BCUT2D eigenvalue weighted by molar-refractivity contribution is 5.39. The van der Waals surface area contributed by atoms with Crippen LogP contribution in [0.1, 0.15) is 25.5 Å². The maximum absolute atomic E-state index is 9.13. The molecule has 1 saturated heterocycles. The van der Waals surface area contributed by atoms with Gasteiger partial charge in [0, 0.05) is 26.2 Å². The third kappa shape index (κ3) is 3.00. The van der Waals surface area contributed by atoms with E-state index in [1.54, 1.807) is 0 Å². The minimum atomic E-state index is 0.00988. The molecule has 1 aliphatic rings. The molecule has 0 amide bonds. The zero-order valence-electron chi connectivity index (χ0n) is 11.3. The quantitative estimate of drug-likeness (QED) is 0.877. The molecule has 1 aromatic rings. The molecule has 0 aromatic carbocycles. The average Bonchev–Trinajstić information content (AvgIpc) is 2.46. The molecule has 1 N–H and O–H groups in total. The van der Waals surface area contributed by atoms with Crippen molar-refractivity contribution in [2.75, 3.05) is 31.6 Å². The molecule has 0 saturated carbocycles. The summed E-state index contributed by atoms with van der Waals surface area (Å²) in [6.45, 7) is 5.72. The maximum atomic E-state index is 9.13. The first-order valence-electron chi connectivity index (χ1n) is 6.76. The number of aliphatic hydroxyl groups excluding tert-OH is 1. The highest BCUT2D eigenvalue weighted by atomic mass is 16.3. The standard InChI is InChI=1S/C14H23N3O/c1-3-17-9-7-13(8-10-17)16(2)14-6-4-5-12(11-18)15-14/h4-6,13,18H,3,7-11H2,1-2H3. The number of rotatable bonds is 4. The number of aromatic nitrogens is 1. The summed E-state index contributed by atoms with van der Waals surface area (Å²) in [6, 6.07) is 6.41. The molecular formula is C14H23N3O. The van der Waals surface area contributed by atoms with E-state index in [9.17, 15) is 0 Å². The van der Waals surface area contributed by atoms with E-state index in [1.165, 1.54) is 25.9 Å². The van der Waals surface area contributed by atoms with E-state index in [4.69, 9.17) is 5.11 Å². The first-order valence-corrected chi connectivity index (χ1v) is 6.76. The smallest absolute Gasteiger partial charge is 0.128 e. The van der Waals surface area contributed by atoms with E-state index < -0.39 is 0 Å². The number of anilines is 1. The highest BCUT2D eigenvalue weighted by Gasteiger charge is 2.22. The van der Waals surface area contributed by atoms with Crippen LogP contribution in [0, 0.1) is 0 Å². The van der Waals surface area contributed by atoms with E-state index in [1.807, 2.05) is 18.2 Å². The van der Waals surface area contributed by atoms with Gasteiger partial charge in [-0.3, -0.25) is 0 Å². The Kier molecular flexibility index (Phi) is 4.55. The van der Waals surface area contributed by atoms with Crippen molar-refractivity contribution in [2.24, 2.45) is 0 Å². The van der Waals surface area contributed by atoms with Crippen molar-refractivity contribution in [1.82, 2.24) is 9.88 Å². The minimum absolute atomic E-state index is 0.00988. The summed E-state index contributed by atoms with van der Waals surface area (Å²) in [5.41, 5.74) is 0.741. The zero-order chi connectivity index (χ0) is 13.0. The second-order valence-corrected chi connectivity index (χ2v) is 4.92. The molecule has 100 valence electrons. The largest absolute Gasteiger partial charge is 0.390 e. The Bertz CT molecular complexity index is 375. The monoisotopic (exact) mass is 249 g/mol. The van der Waals surface area contributed by atoms with Crippen molar-refractivity contribution in [1.29, 1.82) is 0 Å². The number of hydrogen-bond acceptors (Lipinski definition) is 4. The van der Waals surface area contributed by atoms with Gasteiger partial charge in [-0.25, -0.2) is 4.98 Å². The zero-order valence-corrected chi connectivity index (χ0v) is 11.3. The Balaban J connectivity index is 2.00. The molecule has 1 aliphatic heterocycles. The molecule has 2 heterocycles. The molecule has 0 bridgehead atoms. The molecular weight excluding hydrogens is 226 g/mol. The molecule has 18 heavy (non-hydrogen) atoms. The number of nitrogens with zero attached hydrogens (tertiary/aromatic N) is 3. The molecule has 1 aromatic heterocycles. The molecule has 4 nitrogen and oxygen atoms in total. The van der Waals surface area contributed by atoms with Crippen molar-refractivity contribution < 1.29 is 5.11 Å². The van der Waals surface area contributed by atoms with Crippen LogP contribution in [0.4, 0.5) is 5.82 Å². The average molecular weight is 249 g/mol. The predicted octanol–water partition coefficient (Wildman–Crippen LogP) is 1.49. The van der Waals surface area contributed by atoms with Crippen LogP contribution in [0.3, 0.4) is 0 Å². The lowest BCUT2D eigenvalue weighted by Crippen LogP contribution is -2.43. The Morgan fingerprint density at radius 1 is 1.39 bits per heavy atom. The molecule has 0 spiro atoms. The van der Waals surface area contributed by atoms with Crippen LogP contribution in [0.2, 0.25) is 0 Å². The van der Waals surface area contributed by atoms with Gasteiger partial charge < -0.3 is 14.9 Å². The van der Waals surface area contributed by atoms with E-state index >= 15 is 0 Å². The summed E-state index contributed by atoms with van der Waals surface area (Å²) in [5, 5.41) is 9.13. The van der Waals surface area contributed by atoms with Crippen molar-refractivity contribution in [3.05, 3.63) is 23.9 Å². The third-order valence-electron chi connectivity index (χ3n) is 3.87. The highest BCUT2D eigenvalue weighted by Crippen LogP contribution is 2.20. The van der Waals surface area contributed by atoms with E-state index in [0.717, 1.165) is 18.1 Å². The lowest BCUT2D eigenvalue weighted by atomic mass is 10.0. The van der Waals surface area contributed by atoms with Gasteiger partial charge in [0.15, 0.2) is 0 Å². The van der Waals surface area contributed by atoms with Crippen LogP contribution < -0.4 is 4.90 Å². The lowest BCUT2D eigenvalue weighted by Gasteiger charge is -2.36. The van der Waals surface area contributed by atoms with Crippen LogP contribution in [0.15, 0.2) is 18.2 Å². The fourth-order valence-electron chi connectivity index (χ4n) is 2.56. The summed E-state index contributed by atoms with van der Waals surface area (Å²) < 4.78 is 0. The summed E-state index contributed by atoms with van der Waals surface area (Å²) in [4.78, 5) is 9.21. The van der Waals surface area contributed by atoms with Crippen LogP contribution >= 0.6 is 0 Å². The lowest BCUT2D eigenvalue weighted by molar-refractivity contribution is 0.220. The summed E-state index contributed by atoms with van der Waals surface area (Å²) in [7, 11) is 2.11. The van der Waals surface area contributed by atoms with Crippen molar-refractivity contribution in [3.63, 3.8) is 0 Å². The topological polar surface area (TPSA) is 39.6 Å². The van der Waals surface area contributed by atoms with Crippen molar-refractivity contribution in [3.8, 4) is 0 Å². The van der Waals surface area contributed by atoms with Crippen LogP contribution in [-0.2, 0) is 6.61 Å². The van der Waals surface area contributed by atoms with Crippen LogP contribution in [0.5, 0.6) is 0 Å². The number of aliphatic hydroxyl groups is 1. The van der Waals surface area contributed by atoms with Gasteiger partial charge in [-0.05, 0) is 31.5 Å². The summed E-state index contributed by atoms with van der Waals surface area (Å²) >= 11 is 0. The van der Waals surface area contributed by atoms with Gasteiger partial charge in [-0.1, -0.05) is 13.0 Å². The Hall–Kier alpha value is -1.13. The van der Waals surface area contributed by atoms with Gasteiger partial charge in [0.05, 0.1) is 12.3 Å². The first kappa shape index (κ1) is 13.3.